The fourth-order valence-electron chi connectivity index (χ4n) is 2.47. The number of pyridine rings is 1. The van der Waals surface area contributed by atoms with E-state index in [4.69, 9.17) is 9.47 Å². The molecular formula is C13H16N2O3. The summed E-state index contributed by atoms with van der Waals surface area (Å²) in [4.78, 5) is 18.6. The smallest absolute Gasteiger partial charge is 0.342 e. The molecule has 0 bridgehead atoms. The van der Waals surface area contributed by atoms with E-state index in [0.717, 1.165) is 36.6 Å². The molecule has 1 fully saturated rings. The largest absolute Gasteiger partial charge is 0.462 e. The zero-order chi connectivity index (χ0) is 12.5. The van der Waals surface area contributed by atoms with Gasteiger partial charge in [-0.1, -0.05) is 0 Å². The number of fused-ring (bicyclic) bond motifs is 1. The lowest BCUT2D eigenvalue weighted by Crippen LogP contribution is -2.38. The molecule has 5 nitrogen and oxygen atoms in total. The second-order valence-electron chi connectivity index (χ2n) is 4.61. The average Bonchev–Trinajstić information content (AvgIpc) is 2.39. The van der Waals surface area contributed by atoms with Gasteiger partial charge in [-0.05, 0) is 18.6 Å². The van der Waals surface area contributed by atoms with Gasteiger partial charge in [0.15, 0.2) is 0 Å². The molecule has 0 radical (unpaired) electrons. The second kappa shape index (κ2) is 4.57. The molecule has 5 heteroatoms. The maximum absolute atomic E-state index is 11.9. The molecule has 0 atom stereocenters. The highest BCUT2D eigenvalue weighted by Crippen LogP contribution is 2.27. The predicted molar refractivity (Wildman–Crippen MR) is 66.0 cm³/mol. The third-order valence-corrected chi connectivity index (χ3v) is 3.33. The zero-order valence-electron chi connectivity index (χ0n) is 10.4. The summed E-state index contributed by atoms with van der Waals surface area (Å²) in [5, 5.41) is 0. The molecule has 0 unspecified atom stereocenters. The van der Waals surface area contributed by atoms with Crippen molar-refractivity contribution in [1.82, 2.24) is 4.98 Å². The Labute approximate surface area is 106 Å². The van der Waals surface area contributed by atoms with Gasteiger partial charge in [-0.15, -0.1) is 0 Å². The molecule has 3 rings (SSSR count). The number of morpholine rings is 1. The summed E-state index contributed by atoms with van der Waals surface area (Å²) < 4.78 is 10.5. The van der Waals surface area contributed by atoms with Crippen LogP contribution in [0, 0.1) is 6.92 Å². The highest BCUT2D eigenvalue weighted by atomic mass is 16.5. The summed E-state index contributed by atoms with van der Waals surface area (Å²) in [6, 6.07) is 1.99. The minimum absolute atomic E-state index is 0.245. The molecule has 0 aromatic carbocycles. The van der Waals surface area contributed by atoms with Crippen molar-refractivity contribution in [2.75, 3.05) is 37.8 Å². The minimum Gasteiger partial charge on any atom is -0.462 e. The second-order valence-corrected chi connectivity index (χ2v) is 4.61. The number of ether oxygens (including phenoxy) is 2. The van der Waals surface area contributed by atoms with E-state index < -0.39 is 0 Å². The molecule has 18 heavy (non-hydrogen) atoms. The number of hydrogen-bond acceptors (Lipinski definition) is 5. The van der Waals surface area contributed by atoms with Crippen molar-refractivity contribution in [3.05, 3.63) is 22.9 Å². The first kappa shape index (κ1) is 11.5. The summed E-state index contributed by atoms with van der Waals surface area (Å²) in [5.74, 6) is 0.517. The SMILES string of the molecule is Cc1cc2c(c(N3CCOCC3)n1)C(=O)OCC2. The quantitative estimate of drug-likeness (QED) is 0.692. The predicted octanol–water partition coefficient (Wildman–Crippen LogP) is 0.940. The molecule has 0 spiro atoms. The first-order valence-corrected chi connectivity index (χ1v) is 6.26. The number of esters is 1. The first-order valence-electron chi connectivity index (χ1n) is 6.26. The standard InChI is InChI=1S/C13H16N2O3/c1-9-8-10-2-5-18-13(16)11(10)12(14-9)15-3-6-17-7-4-15/h8H,2-7H2,1H3. The van der Waals surface area contributed by atoms with E-state index in [2.05, 4.69) is 9.88 Å². The van der Waals surface area contributed by atoms with Crippen LogP contribution in [0.3, 0.4) is 0 Å². The van der Waals surface area contributed by atoms with Crippen LogP contribution in [0.5, 0.6) is 0 Å². The van der Waals surface area contributed by atoms with Crippen molar-refractivity contribution >= 4 is 11.8 Å². The maximum Gasteiger partial charge on any atom is 0.342 e. The van der Waals surface area contributed by atoms with Gasteiger partial charge in [0.2, 0.25) is 0 Å². The van der Waals surface area contributed by atoms with Crippen molar-refractivity contribution in [1.29, 1.82) is 0 Å². The van der Waals surface area contributed by atoms with Crippen LogP contribution in [0.4, 0.5) is 5.82 Å². The molecule has 0 saturated carbocycles. The molecule has 96 valence electrons. The average molecular weight is 248 g/mol. The monoisotopic (exact) mass is 248 g/mol. The summed E-state index contributed by atoms with van der Waals surface area (Å²) in [6.45, 7) is 5.34. The number of cyclic esters (lactones) is 1. The summed E-state index contributed by atoms with van der Waals surface area (Å²) in [6.07, 6.45) is 0.780. The number of anilines is 1. The van der Waals surface area contributed by atoms with Crippen LogP contribution < -0.4 is 4.90 Å². The number of rotatable bonds is 1. The van der Waals surface area contributed by atoms with Crippen molar-refractivity contribution in [3.8, 4) is 0 Å². The molecule has 2 aliphatic heterocycles. The summed E-state index contributed by atoms with van der Waals surface area (Å²) >= 11 is 0. The Morgan fingerprint density at radius 1 is 1.28 bits per heavy atom. The van der Waals surface area contributed by atoms with E-state index >= 15 is 0 Å². The minimum atomic E-state index is -0.245. The van der Waals surface area contributed by atoms with Gasteiger partial charge in [-0.2, -0.15) is 0 Å². The van der Waals surface area contributed by atoms with Crippen LogP contribution in [0.2, 0.25) is 0 Å². The number of nitrogens with zero attached hydrogens (tertiary/aromatic N) is 2. The van der Waals surface area contributed by atoms with Gasteiger partial charge in [-0.3, -0.25) is 0 Å². The Morgan fingerprint density at radius 2 is 2.06 bits per heavy atom. The third kappa shape index (κ3) is 1.95. The van der Waals surface area contributed by atoms with Crippen molar-refractivity contribution < 1.29 is 14.3 Å². The Kier molecular flexibility index (Phi) is 2.91. The number of hydrogen-bond donors (Lipinski definition) is 0. The maximum atomic E-state index is 11.9. The molecule has 0 N–H and O–H groups in total. The number of aromatic nitrogens is 1. The van der Waals surface area contributed by atoms with E-state index in [1.807, 2.05) is 13.0 Å². The molecule has 1 aromatic rings. The van der Waals surface area contributed by atoms with Gasteiger partial charge in [-0.25, -0.2) is 9.78 Å². The first-order chi connectivity index (χ1) is 8.75. The van der Waals surface area contributed by atoms with E-state index in [9.17, 15) is 4.79 Å². The lowest BCUT2D eigenvalue weighted by Gasteiger charge is -2.31. The Bertz CT molecular complexity index is 481. The number of carbonyl (C=O) groups excluding carboxylic acids is 1. The van der Waals surface area contributed by atoms with E-state index in [0.29, 0.717) is 25.4 Å². The van der Waals surface area contributed by atoms with Gasteiger partial charge >= 0.3 is 5.97 Å². The third-order valence-electron chi connectivity index (χ3n) is 3.33. The molecular weight excluding hydrogens is 232 g/mol. The lowest BCUT2D eigenvalue weighted by atomic mass is 10.0. The van der Waals surface area contributed by atoms with Crippen LogP contribution in [0.25, 0.3) is 0 Å². The van der Waals surface area contributed by atoms with Gasteiger partial charge < -0.3 is 14.4 Å². The Balaban J connectivity index is 2.06. The zero-order valence-corrected chi connectivity index (χ0v) is 10.4. The summed E-state index contributed by atoms with van der Waals surface area (Å²) in [7, 11) is 0. The topological polar surface area (TPSA) is 51.7 Å². The number of aryl methyl sites for hydroxylation is 1. The van der Waals surface area contributed by atoms with Crippen molar-refractivity contribution in [2.45, 2.75) is 13.3 Å². The Hall–Kier alpha value is -1.62. The highest BCUT2D eigenvalue weighted by molar-refractivity contribution is 5.97. The van der Waals surface area contributed by atoms with Crippen LogP contribution in [-0.4, -0.2) is 43.9 Å². The van der Waals surface area contributed by atoms with Gasteiger partial charge in [0.25, 0.3) is 0 Å². The van der Waals surface area contributed by atoms with Gasteiger partial charge in [0, 0.05) is 25.2 Å². The van der Waals surface area contributed by atoms with Gasteiger partial charge in [0.05, 0.1) is 19.8 Å². The molecule has 3 heterocycles. The van der Waals surface area contributed by atoms with E-state index in [-0.39, 0.29) is 5.97 Å². The lowest BCUT2D eigenvalue weighted by molar-refractivity contribution is 0.0479. The van der Waals surface area contributed by atoms with Crippen molar-refractivity contribution in [3.63, 3.8) is 0 Å². The Morgan fingerprint density at radius 3 is 2.83 bits per heavy atom. The normalized spacial score (nSPS) is 19.4. The van der Waals surface area contributed by atoms with Crippen molar-refractivity contribution in [2.24, 2.45) is 0 Å². The molecule has 2 aliphatic rings. The van der Waals surface area contributed by atoms with Crippen LogP contribution >= 0.6 is 0 Å². The van der Waals surface area contributed by atoms with Crippen LogP contribution in [0.15, 0.2) is 6.07 Å². The molecule has 1 saturated heterocycles. The van der Waals surface area contributed by atoms with E-state index in [1.54, 1.807) is 0 Å². The highest BCUT2D eigenvalue weighted by Gasteiger charge is 2.27. The fourth-order valence-corrected chi connectivity index (χ4v) is 2.47. The molecule has 0 aliphatic carbocycles. The van der Waals surface area contributed by atoms with E-state index in [1.165, 1.54) is 0 Å². The number of carbonyl (C=O) groups is 1. The van der Waals surface area contributed by atoms with Crippen LogP contribution in [-0.2, 0) is 15.9 Å². The molecule has 0 amide bonds. The van der Waals surface area contributed by atoms with Gasteiger partial charge in [0.1, 0.15) is 11.4 Å². The summed E-state index contributed by atoms with van der Waals surface area (Å²) in [5.41, 5.74) is 2.65. The fraction of sp³-hybridized carbons (Fsp3) is 0.538. The molecule has 1 aromatic heterocycles. The van der Waals surface area contributed by atoms with Crippen LogP contribution in [0.1, 0.15) is 21.6 Å².